The molecule has 1 fully saturated rings. The van der Waals surface area contributed by atoms with E-state index in [-0.39, 0.29) is 0 Å². The van der Waals surface area contributed by atoms with Crippen LogP contribution in [0.15, 0.2) is 6.20 Å². The topological polar surface area (TPSA) is 75.3 Å². The van der Waals surface area contributed by atoms with E-state index in [9.17, 15) is 5.11 Å². The molecule has 3 rings (SSSR count). The first-order valence-electron chi connectivity index (χ1n) is 7.66. The molecule has 0 radical (unpaired) electrons. The van der Waals surface area contributed by atoms with Gasteiger partial charge < -0.3 is 10.8 Å². The molecule has 0 amide bonds. The van der Waals surface area contributed by atoms with Gasteiger partial charge in [0.15, 0.2) is 0 Å². The van der Waals surface area contributed by atoms with Crippen LogP contribution >= 0.6 is 0 Å². The average Bonchev–Trinajstić information content (AvgIpc) is 2.45. The van der Waals surface area contributed by atoms with Gasteiger partial charge >= 0.3 is 0 Å². The second kappa shape index (κ2) is 5.66. The lowest BCUT2D eigenvalue weighted by molar-refractivity contribution is 0.0267. The second-order valence-corrected chi connectivity index (χ2v) is 6.22. The van der Waals surface area contributed by atoms with Crippen LogP contribution in [0.4, 0.5) is 5.95 Å². The third-order valence-electron chi connectivity index (χ3n) is 4.77. The van der Waals surface area contributed by atoms with E-state index in [1.54, 1.807) is 0 Å². The van der Waals surface area contributed by atoms with E-state index in [1.165, 1.54) is 5.56 Å². The highest BCUT2D eigenvalue weighted by molar-refractivity contribution is 5.29. The number of anilines is 1. The summed E-state index contributed by atoms with van der Waals surface area (Å²) in [6, 6.07) is 0.581. The van der Waals surface area contributed by atoms with Crippen molar-refractivity contribution in [3.63, 3.8) is 0 Å². The minimum absolute atomic E-state index is 0.294. The van der Waals surface area contributed by atoms with Crippen molar-refractivity contribution in [2.24, 2.45) is 11.8 Å². The number of nitrogens with zero attached hydrogens (tertiary/aromatic N) is 3. The van der Waals surface area contributed by atoms with Crippen LogP contribution in [0.2, 0.25) is 0 Å². The first-order chi connectivity index (χ1) is 9.71. The standard InChI is InChI=1S/C15H24N4O/c1-2-3-19-8-10(9-20)4-11-5-13-12(6-14(11)19)7-17-15(16)18-13/h7,10-11,14,20H,2-6,8-9H2,1H3,(H2,16,17,18). The molecule has 0 spiro atoms. The van der Waals surface area contributed by atoms with Gasteiger partial charge in [0, 0.05) is 31.1 Å². The van der Waals surface area contributed by atoms with Crippen molar-refractivity contribution in [2.75, 3.05) is 25.4 Å². The van der Waals surface area contributed by atoms with Crippen molar-refractivity contribution in [1.29, 1.82) is 0 Å². The van der Waals surface area contributed by atoms with E-state index in [4.69, 9.17) is 5.73 Å². The number of aliphatic hydroxyl groups excluding tert-OH is 1. The van der Waals surface area contributed by atoms with Crippen LogP contribution in [0.3, 0.4) is 0 Å². The number of piperidine rings is 1. The Balaban J connectivity index is 1.85. The molecule has 1 aliphatic heterocycles. The number of fused-ring (bicyclic) bond motifs is 2. The van der Waals surface area contributed by atoms with Gasteiger partial charge in [0.2, 0.25) is 5.95 Å². The Morgan fingerprint density at radius 1 is 1.45 bits per heavy atom. The summed E-state index contributed by atoms with van der Waals surface area (Å²) in [5.41, 5.74) is 8.08. The van der Waals surface area contributed by atoms with Gasteiger partial charge in [0.05, 0.1) is 0 Å². The summed E-state index contributed by atoms with van der Waals surface area (Å²) < 4.78 is 0. The number of nitrogen functional groups attached to an aromatic ring is 1. The zero-order chi connectivity index (χ0) is 14.1. The van der Waals surface area contributed by atoms with E-state index in [2.05, 4.69) is 21.8 Å². The second-order valence-electron chi connectivity index (χ2n) is 6.22. The maximum Gasteiger partial charge on any atom is 0.220 e. The molecular weight excluding hydrogens is 252 g/mol. The molecule has 1 aromatic rings. The molecule has 0 bridgehead atoms. The number of rotatable bonds is 3. The molecule has 1 aliphatic carbocycles. The number of hydrogen-bond donors (Lipinski definition) is 2. The summed E-state index contributed by atoms with van der Waals surface area (Å²) in [5, 5.41) is 9.53. The van der Waals surface area contributed by atoms with E-state index in [0.717, 1.165) is 44.5 Å². The zero-order valence-electron chi connectivity index (χ0n) is 12.1. The van der Waals surface area contributed by atoms with Crippen LogP contribution in [0.1, 0.15) is 31.0 Å². The van der Waals surface area contributed by atoms with Crippen LogP contribution in [-0.2, 0) is 12.8 Å². The Bertz CT molecular complexity index is 479. The lowest BCUT2D eigenvalue weighted by atomic mass is 9.74. The minimum atomic E-state index is 0.294. The molecule has 0 saturated carbocycles. The van der Waals surface area contributed by atoms with Crippen molar-refractivity contribution in [1.82, 2.24) is 14.9 Å². The predicted octanol–water partition coefficient (Wildman–Crippen LogP) is 0.866. The van der Waals surface area contributed by atoms with Crippen molar-refractivity contribution in [2.45, 2.75) is 38.6 Å². The van der Waals surface area contributed by atoms with Crippen molar-refractivity contribution in [3.8, 4) is 0 Å². The van der Waals surface area contributed by atoms with Gasteiger partial charge in [-0.3, -0.25) is 4.90 Å². The van der Waals surface area contributed by atoms with Gasteiger partial charge in [0.1, 0.15) is 0 Å². The van der Waals surface area contributed by atoms with Crippen LogP contribution in [0, 0.1) is 11.8 Å². The monoisotopic (exact) mass is 276 g/mol. The molecular formula is C15H24N4O. The van der Waals surface area contributed by atoms with Crippen LogP contribution in [-0.4, -0.2) is 45.7 Å². The number of aromatic nitrogens is 2. The van der Waals surface area contributed by atoms with E-state index in [0.29, 0.717) is 30.4 Å². The van der Waals surface area contributed by atoms with Gasteiger partial charge in [-0.1, -0.05) is 6.92 Å². The molecule has 110 valence electrons. The lowest BCUT2D eigenvalue weighted by Crippen LogP contribution is -2.53. The fraction of sp³-hybridized carbons (Fsp3) is 0.733. The minimum Gasteiger partial charge on any atom is -0.396 e. The Morgan fingerprint density at radius 3 is 3.05 bits per heavy atom. The van der Waals surface area contributed by atoms with Gasteiger partial charge in [-0.05, 0) is 49.6 Å². The molecule has 5 heteroatoms. The van der Waals surface area contributed by atoms with Gasteiger partial charge in [-0.2, -0.15) is 0 Å². The first-order valence-corrected chi connectivity index (χ1v) is 7.66. The third-order valence-corrected chi connectivity index (χ3v) is 4.77. The summed E-state index contributed by atoms with van der Waals surface area (Å²) in [7, 11) is 0. The Labute approximate surface area is 120 Å². The fourth-order valence-corrected chi connectivity index (χ4v) is 3.90. The van der Waals surface area contributed by atoms with Crippen molar-refractivity contribution < 1.29 is 5.11 Å². The summed E-state index contributed by atoms with van der Waals surface area (Å²) in [5.74, 6) is 1.37. The highest BCUT2D eigenvalue weighted by Crippen LogP contribution is 2.36. The largest absolute Gasteiger partial charge is 0.396 e. The number of aliphatic hydroxyl groups is 1. The van der Waals surface area contributed by atoms with Gasteiger partial charge in [-0.25, -0.2) is 9.97 Å². The van der Waals surface area contributed by atoms with E-state index >= 15 is 0 Å². The van der Waals surface area contributed by atoms with Crippen LogP contribution in [0.5, 0.6) is 0 Å². The summed E-state index contributed by atoms with van der Waals surface area (Å²) in [4.78, 5) is 11.1. The summed E-state index contributed by atoms with van der Waals surface area (Å²) >= 11 is 0. The zero-order valence-corrected chi connectivity index (χ0v) is 12.1. The lowest BCUT2D eigenvalue weighted by Gasteiger charge is -2.47. The Kier molecular flexibility index (Phi) is 3.89. The predicted molar refractivity (Wildman–Crippen MR) is 78.2 cm³/mol. The molecule has 2 aliphatic rings. The molecule has 3 N–H and O–H groups in total. The highest BCUT2D eigenvalue weighted by atomic mass is 16.3. The Morgan fingerprint density at radius 2 is 2.30 bits per heavy atom. The molecule has 1 aromatic heterocycles. The highest BCUT2D eigenvalue weighted by Gasteiger charge is 2.39. The van der Waals surface area contributed by atoms with Crippen molar-refractivity contribution >= 4 is 5.95 Å². The third kappa shape index (κ3) is 2.52. The smallest absolute Gasteiger partial charge is 0.220 e. The summed E-state index contributed by atoms with van der Waals surface area (Å²) in [6.45, 7) is 4.65. The molecule has 3 unspecified atom stereocenters. The SMILES string of the molecule is CCCN1CC(CO)CC2Cc3nc(N)ncc3CC21. The average molecular weight is 276 g/mol. The summed E-state index contributed by atoms with van der Waals surface area (Å²) in [6.07, 6.45) is 6.16. The van der Waals surface area contributed by atoms with Crippen molar-refractivity contribution in [3.05, 3.63) is 17.5 Å². The number of nitrogens with two attached hydrogens (primary N) is 1. The normalized spacial score (nSPS) is 29.8. The molecule has 5 nitrogen and oxygen atoms in total. The Hall–Kier alpha value is -1.20. The maximum absolute atomic E-state index is 9.53. The first kappa shape index (κ1) is 13.8. The maximum atomic E-state index is 9.53. The van der Waals surface area contributed by atoms with Gasteiger partial charge in [-0.15, -0.1) is 0 Å². The molecule has 20 heavy (non-hydrogen) atoms. The van der Waals surface area contributed by atoms with Crippen LogP contribution < -0.4 is 5.73 Å². The number of hydrogen-bond acceptors (Lipinski definition) is 5. The quantitative estimate of drug-likeness (QED) is 0.856. The molecule has 0 aromatic carbocycles. The van der Waals surface area contributed by atoms with E-state index in [1.807, 2.05) is 6.20 Å². The molecule has 2 heterocycles. The molecule has 1 saturated heterocycles. The van der Waals surface area contributed by atoms with E-state index < -0.39 is 0 Å². The van der Waals surface area contributed by atoms with Crippen LogP contribution in [0.25, 0.3) is 0 Å². The van der Waals surface area contributed by atoms with Gasteiger partial charge in [0.25, 0.3) is 0 Å². The fourth-order valence-electron chi connectivity index (χ4n) is 3.90. The molecule has 3 atom stereocenters. The number of likely N-dealkylation sites (tertiary alicyclic amines) is 1.